The molecule has 4 unspecified atom stereocenters. The van der Waals surface area contributed by atoms with Crippen molar-refractivity contribution < 1.29 is 0 Å². The number of hydrogen-bond acceptors (Lipinski definition) is 6. The molecule has 0 aliphatic heterocycles. The van der Waals surface area contributed by atoms with Crippen molar-refractivity contribution in [2.75, 3.05) is 11.5 Å². The van der Waals surface area contributed by atoms with Crippen LogP contribution >= 0.6 is 75.8 Å². The van der Waals surface area contributed by atoms with Gasteiger partial charge in [-0.1, -0.05) is 0 Å². The zero-order chi connectivity index (χ0) is 14.0. The van der Waals surface area contributed by atoms with Crippen molar-refractivity contribution in [1.29, 1.82) is 0 Å². The Kier molecular flexibility index (Phi) is 14.3. The molecule has 0 spiro atoms. The van der Waals surface area contributed by atoms with E-state index in [2.05, 4.69) is 75.8 Å². The molecule has 0 rings (SSSR count). The largest absolute Gasteiger partial charge is 0.179 e. The van der Waals surface area contributed by atoms with Gasteiger partial charge in [-0.3, -0.25) is 0 Å². The second-order valence-electron chi connectivity index (χ2n) is 4.70. The zero-order valence-electron chi connectivity index (χ0n) is 10.6. The lowest BCUT2D eigenvalue weighted by Gasteiger charge is -2.17. The molecule has 0 saturated heterocycles. The molecule has 0 heterocycles. The maximum atomic E-state index is 4.64. The molecule has 0 aromatic heterocycles. The van der Waals surface area contributed by atoms with Gasteiger partial charge in [0.25, 0.3) is 0 Å². The fourth-order valence-electron chi connectivity index (χ4n) is 1.71. The van der Waals surface area contributed by atoms with Crippen molar-refractivity contribution in [3.8, 4) is 0 Å². The van der Waals surface area contributed by atoms with Crippen molar-refractivity contribution in [3.63, 3.8) is 0 Å². The number of hydrogen-bond donors (Lipinski definition) is 6. The first kappa shape index (κ1) is 20.1. The molecule has 4 atom stereocenters. The summed E-state index contributed by atoms with van der Waals surface area (Å²) in [5.41, 5.74) is 0. The summed E-state index contributed by atoms with van der Waals surface area (Å²) in [7, 11) is 0. The van der Waals surface area contributed by atoms with Crippen LogP contribution in [0, 0.1) is 0 Å². The van der Waals surface area contributed by atoms with Gasteiger partial charge in [0.1, 0.15) is 0 Å². The monoisotopic (exact) mass is 362 g/mol. The molecule has 0 radical (unpaired) electrons. The third-order valence-corrected chi connectivity index (χ3v) is 5.77. The Labute approximate surface area is 146 Å². The molecule has 0 N–H and O–H groups in total. The highest BCUT2D eigenvalue weighted by molar-refractivity contribution is 7.85. The number of thiol groups is 6. The van der Waals surface area contributed by atoms with Crippen molar-refractivity contribution in [2.45, 2.75) is 59.5 Å². The molecule has 0 amide bonds. The fourth-order valence-corrected chi connectivity index (χ4v) is 3.78. The van der Waals surface area contributed by atoms with Gasteiger partial charge < -0.3 is 0 Å². The first-order valence-corrected chi connectivity index (χ1v) is 9.76. The van der Waals surface area contributed by atoms with Gasteiger partial charge in [0.15, 0.2) is 0 Å². The first-order valence-electron chi connectivity index (χ1n) is 6.43. The Morgan fingerprint density at radius 2 is 1.00 bits per heavy atom. The van der Waals surface area contributed by atoms with Crippen LogP contribution < -0.4 is 0 Å². The van der Waals surface area contributed by atoms with Gasteiger partial charge in [0.05, 0.1) is 0 Å². The average Bonchev–Trinajstić information content (AvgIpc) is 2.34. The standard InChI is InChI=1S/C12H26S6/c13-6-5-10(16)2-1-9(15)3-4-11(17)7-12(18)8-14/h9-18H,1-8H2. The van der Waals surface area contributed by atoms with Gasteiger partial charge >= 0.3 is 0 Å². The molecule has 0 aliphatic carbocycles. The molecular formula is C12H26S6. The lowest BCUT2D eigenvalue weighted by molar-refractivity contribution is 0.594. The van der Waals surface area contributed by atoms with Crippen molar-refractivity contribution in [1.82, 2.24) is 0 Å². The average molecular weight is 363 g/mol. The molecule has 110 valence electrons. The Bertz CT molecular complexity index is 189. The molecule has 0 aromatic carbocycles. The summed E-state index contributed by atoms with van der Waals surface area (Å²) in [4.78, 5) is 0. The topological polar surface area (TPSA) is 0 Å². The van der Waals surface area contributed by atoms with Crippen molar-refractivity contribution >= 4 is 75.8 Å². The van der Waals surface area contributed by atoms with Crippen LogP contribution in [0.1, 0.15) is 38.5 Å². The van der Waals surface area contributed by atoms with Gasteiger partial charge in [-0.05, 0) is 44.3 Å². The van der Waals surface area contributed by atoms with Crippen LogP contribution in [0.5, 0.6) is 0 Å². The van der Waals surface area contributed by atoms with Crippen LogP contribution in [0.25, 0.3) is 0 Å². The Morgan fingerprint density at radius 1 is 0.556 bits per heavy atom. The molecule has 0 bridgehead atoms. The molecule has 18 heavy (non-hydrogen) atoms. The van der Waals surface area contributed by atoms with Crippen LogP contribution in [0.2, 0.25) is 0 Å². The van der Waals surface area contributed by atoms with E-state index in [9.17, 15) is 0 Å². The summed E-state index contributed by atoms with van der Waals surface area (Å²) in [6, 6.07) is 0. The molecule has 6 heteroatoms. The van der Waals surface area contributed by atoms with E-state index in [1.54, 1.807) is 0 Å². The maximum Gasteiger partial charge on any atom is 0.0115 e. The highest BCUT2D eigenvalue weighted by Gasteiger charge is 2.12. The van der Waals surface area contributed by atoms with E-state index >= 15 is 0 Å². The Balaban J connectivity index is 3.60. The van der Waals surface area contributed by atoms with Crippen LogP contribution in [0.15, 0.2) is 0 Å². The lowest BCUT2D eigenvalue weighted by Crippen LogP contribution is -2.13. The molecule has 0 nitrogen and oxygen atoms in total. The highest BCUT2D eigenvalue weighted by Crippen LogP contribution is 2.22. The molecule has 0 saturated carbocycles. The smallest absolute Gasteiger partial charge is 0.0115 e. The minimum atomic E-state index is 0.353. The quantitative estimate of drug-likeness (QED) is 0.289. The van der Waals surface area contributed by atoms with Crippen LogP contribution in [0.3, 0.4) is 0 Å². The third kappa shape index (κ3) is 11.9. The normalized spacial score (nSPS) is 18.3. The Morgan fingerprint density at radius 3 is 1.44 bits per heavy atom. The van der Waals surface area contributed by atoms with E-state index in [0.717, 1.165) is 50.0 Å². The fraction of sp³-hybridized carbons (Fsp3) is 1.00. The second kappa shape index (κ2) is 12.8. The van der Waals surface area contributed by atoms with E-state index in [-0.39, 0.29) is 0 Å². The summed E-state index contributed by atoms with van der Waals surface area (Å²) < 4.78 is 0. The summed E-state index contributed by atoms with van der Waals surface area (Å²) in [5, 5.41) is 1.70. The Hall–Kier alpha value is 2.10. The minimum absolute atomic E-state index is 0.353. The van der Waals surface area contributed by atoms with Crippen LogP contribution in [-0.2, 0) is 0 Å². The second-order valence-corrected chi connectivity index (χ2v) is 8.43. The van der Waals surface area contributed by atoms with Gasteiger partial charge in [-0.2, -0.15) is 75.8 Å². The SMILES string of the molecule is SCCC(S)CCC(S)CCC(S)CC(S)CS. The van der Waals surface area contributed by atoms with Gasteiger partial charge in [-0.15, -0.1) is 0 Å². The molecular weight excluding hydrogens is 337 g/mol. The van der Waals surface area contributed by atoms with E-state index in [4.69, 9.17) is 0 Å². The maximum absolute atomic E-state index is 4.64. The lowest BCUT2D eigenvalue weighted by atomic mass is 10.1. The van der Waals surface area contributed by atoms with Gasteiger partial charge in [-0.25, -0.2) is 0 Å². The predicted octanol–water partition coefficient (Wildman–Crippen LogP) is 4.38. The number of rotatable bonds is 11. The third-order valence-electron chi connectivity index (χ3n) is 2.88. The van der Waals surface area contributed by atoms with E-state index < -0.39 is 0 Å². The highest BCUT2D eigenvalue weighted by atomic mass is 32.1. The summed E-state index contributed by atoms with van der Waals surface area (Å²) in [6.45, 7) is 0. The zero-order valence-corrected chi connectivity index (χ0v) is 16.0. The van der Waals surface area contributed by atoms with Gasteiger partial charge in [0, 0.05) is 26.8 Å². The predicted molar refractivity (Wildman–Crippen MR) is 107 cm³/mol. The van der Waals surface area contributed by atoms with E-state index in [1.807, 2.05) is 0 Å². The van der Waals surface area contributed by atoms with Gasteiger partial charge in [0.2, 0.25) is 0 Å². The molecule has 0 aliphatic rings. The summed E-state index contributed by atoms with van der Waals surface area (Å²) in [5.74, 6) is 1.73. The molecule has 0 aromatic rings. The van der Waals surface area contributed by atoms with E-state index in [1.165, 1.54) is 0 Å². The molecule has 0 fully saturated rings. The first-order chi connectivity index (χ1) is 8.49. The van der Waals surface area contributed by atoms with Crippen molar-refractivity contribution in [3.05, 3.63) is 0 Å². The van der Waals surface area contributed by atoms with Crippen LogP contribution in [0.4, 0.5) is 0 Å². The van der Waals surface area contributed by atoms with Crippen LogP contribution in [-0.4, -0.2) is 32.5 Å². The van der Waals surface area contributed by atoms with Crippen molar-refractivity contribution in [2.24, 2.45) is 0 Å². The van der Waals surface area contributed by atoms with E-state index in [0.29, 0.717) is 21.0 Å². The summed E-state index contributed by atoms with van der Waals surface area (Å²) >= 11 is 26.7. The summed E-state index contributed by atoms with van der Waals surface area (Å²) in [6.07, 6.45) is 6.57. The minimum Gasteiger partial charge on any atom is -0.179 e.